The van der Waals surface area contributed by atoms with Crippen molar-refractivity contribution in [1.82, 2.24) is 14.5 Å². The number of para-hydroxylation sites is 1. The fourth-order valence-corrected chi connectivity index (χ4v) is 9.54. The Bertz CT molecular complexity index is 3690. The molecule has 0 amide bonds. The number of rotatable bonds is 9. The highest BCUT2D eigenvalue weighted by Crippen LogP contribution is 2.47. The number of phenols is 1. The van der Waals surface area contributed by atoms with Gasteiger partial charge in [-0.25, -0.2) is 4.98 Å². The van der Waals surface area contributed by atoms with Crippen molar-refractivity contribution in [2.75, 3.05) is 0 Å². The van der Waals surface area contributed by atoms with E-state index in [1.54, 1.807) is 0 Å². The number of aromatic hydroxyl groups is 1. The van der Waals surface area contributed by atoms with Crippen molar-refractivity contribution in [3.05, 3.63) is 217 Å². The van der Waals surface area contributed by atoms with Gasteiger partial charge in [0, 0.05) is 33.9 Å². The fourth-order valence-electron chi connectivity index (χ4n) is 9.54. The molecule has 70 heavy (non-hydrogen) atoms. The minimum atomic E-state index is -2.44. The van der Waals surface area contributed by atoms with Gasteiger partial charge >= 0.3 is 0 Å². The maximum atomic E-state index is 12.8. The average molecular weight is 916 g/mol. The SMILES string of the molecule is [2H]C([2H])([2H])c1cc(-c2ccccc2)c(-n2c(-c3cc(C(C)(C)C)cc(C(C)(C)C)c3O)nc3c(-c4cc(-c5ccccc5)cc(-c5cc(-c6ccc(C([2H])(C)C)cc6)ccn5)c4)cccc32)cc1-c1ccccc1. The molecule has 2 heterocycles. The predicted octanol–water partition coefficient (Wildman–Crippen LogP) is 17.8. The number of imidazole rings is 1. The Morgan fingerprint density at radius 3 is 1.76 bits per heavy atom. The standard InChI is InChI=1S/C66H61N3O/c1-42(2)44-28-30-46(31-29-44)49-32-33-67-59(38-49)52-36-50(45-20-13-10-14-21-45)35-51(37-52)54-26-19-27-60-62(54)68-64(57-39-53(65(4,5)6)40-58(63(57)70)66(7,8)9)69(60)61-41-55(47-22-15-11-16-23-47)43(3)34-56(61)48-24-17-12-18-25-48/h10-42,70H,1-9H3/i3D3,42D. The first-order valence-corrected chi connectivity index (χ1v) is 24.1. The second kappa shape index (κ2) is 18.3. The zero-order valence-electron chi connectivity index (χ0n) is 45.3. The Balaban J connectivity index is 1.30. The van der Waals surface area contributed by atoms with Crippen LogP contribution in [0.3, 0.4) is 0 Å². The summed E-state index contributed by atoms with van der Waals surface area (Å²) in [6.07, 6.45) is 1.85. The number of hydrogen-bond donors (Lipinski definition) is 1. The third-order valence-electron chi connectivity index (χ3n) is 13.5. The van der Waals surface area contributed by atoms with Gasteiger partial charge in [0.25, 0.3) is 0 Å². The number of fused-ring (bicyclic) bond motifs is 1. The van der Waals surface area contributed by atoms with Gasteiger partial charge in [-0.05, 0) is 139 Å². The van der Waals surface area contributed by atoms with Crippen LogP contribution in [0.4, 0.5) is 0 Å². The molecule has 0 atom stereocenters. The van der Waals surface area contributed by atoms with E-state index >= 15 is 0 Å². The first kappa shape index (κ1) is 41.2. The third-order valence-corrected chi connectivity index (χ3v) is 13.5. The molecule has 0 radical (unpaired) electrons. The highest BCUT2D eigenvalue weighted by Gasteiger charge is 2.30. The number of pyridine rings is 1. The lowest BCUT2D eigenvalue weighted by Gasteiger charge is -2.28. The normalized spacial score (nSPS) is 13.1. The van der Waals surface area contributed by atoms with E-state index in [2.05, 4.69) is 125 Å². The lowest BCUT2D eigenvalue weighted by Crippen LogP contribution is -2.17. The van der Waals surface area contributed by atoms with Crippen molar-refractivity contribution >= 4 is 11.0 Å². The maximum absolute atomic E-state index is 12.8. The number of benzene rings is 8. The van der Waals surface area contributed by atoms with Gasteiger partial charge in [0.05, 0.1) is 28.0 Å². The molecule has 4 nitrogen and oxygen atoms in total. The van der Waals surface area contributed by atoms with Gasteiger partial charge in [-0.3, -0.25) is 9.55 Å². The molecule has 0 bridgehead atoms. The fraction of sp³-hybridized carbons (Fsp3) is 0.182. The summed E-state index contributed by atoms with van der Waals surface area (Å²) < 4.78 is 37.4. The summed E-state index contributed by atoms with van der Waals surface area (Å²) in [5, 5.41) is 12.8. The molecule has 0 aliphatic carbocycles. The summed E-state index contributed by atoms with van der Waals surface area (Å²) in [6.45, 7) is 14.2. The highest BCUT2D eigenvalue weighted by molar-refractivity contribution is 5.99. The molecule has 10 aromatic rings. The predicted molar refractivity (Wildman–Crippen MR) is 295 cm³/mol. The first-order chi connectivity index (χ1) is 35.1. The smallest absolute Gasteiger partial charge is 0.149 e. The summed E-state index contributed by atoms with van der Waals surface area (Å²) in [6, 6.07) is 63.2. The Morgan fingerprint density at radius 2 is 1.13 bits per heavy atom. The van der Waals surface area contributed by atoms with E-state index in [0.717, 1.165) is 83.7 Å². The Kier molecular flexibility index (Phi) is 10.7. The van der Waals surface area contributed by atoms with E-state index < -0.39 is 18.2 Å². The van der Waals surface area contributed by atoms with Gasteiger partial charge < -0.3 is 5.11 Å². The topological polar surface area (TPSA) is 50.9 Å². The number of nitrogens with zero attached hydrogens (tertiary/aromatic N) is 3. The van der Waals surface area contributed by atoms with Gasteiger partial charge in [-0.2, -0.15) is 0 Å². The van der Waals surface area contributed by atoms with Gasteiger partial charge in [0.1, 0.15) is 11.6 Å². The van der Waals surface area contributed by atoms with Crippen LogP contribution in [0.15, 0.2) is 194 Å². The van der Waals surface area contributed by atoms with Gasteiger partial charge in [-0.15, -0.1) is 0 Å². The second-order valence-corrected chi connectivity index (χ2v) is 20.7. The van der Waals surface area contributed by atoms with Crippen LogP contribution in [0.25, 0.3) is 95.0 Å². The summed E-state index contributed by atoms with van der Waals surface area (Å²) >= 11 is 0. The Hall–Kier alpha value is -7.82. The zero-order chi connectivity index (χ0) is 52.3. The summed E-state index contributed by atoms with van der Waals surface area (Å²) in [5.74, 6) is -0.0424. The summed E-state index contributed by atoms with van der Waals surface area (Å²) in [7, 11) is 0. The van der Waals surface area contributed by atoms with E-state index in [1.807, 2.05) is 129 Å². The molecule has 4 heteroatoms. The monoisotopic (exact) mass is 916 g/mol. The van der Waals surface area contributed by atoms with Crippen LogP contribution < -0.4 is 0 Å². The average Bonchev–Trinajstić information content (AvgIpc) is 3.78. The maximum Gasteiger partial charge on any atom is 0.149 e. The quantitative estimate of drug-likeness (QED) is 0.157. The molecule has 2 aromatic heterocycles. The van der Waals surface area contributed by atoms with E-state index in [0.29, 0.717) is 28.0 Å². The second-order valence-electron chi connectivity index (χ2n) is 20.7. The largest absolute Gasteiger partial charge is 0.507 e. The van der Waals surface area contributed by atoms with Crippen LogP contribution in [0.2, 0.25) is 0 Å². The molecule has 8 aromatic carbocycles. The van der Waals surface area contributed by atoms with Crippen LogP contribution in [-0.4, -0.2) is 19.6 Å². The lowest BCUT2D eigenvalue weighted by molar-refractivity contribution is 0.446. The molecule has 0 spiro atoms. The lowest BCUT2D eigenvalue weighted by atomic mass is 9.79. The molecule has 0 unspecified atom stereocenters. The van der Waals surface area contributed by atoms with E-state index in [4.69, 9.17) is 15.5 Å². The van der Waals surface area contributed by atoms with Gasteiger partial charge in [-0.1, -0.05) is 189 Å². The number of hydrogen-bond acceptors (Lipinski definition) is 3. The summed E-state index contributed by atoms with van der Waals surface area (Å²) in [4.78, 5) is 10.7. The van der Waals surface area contributed by atoms with Crippen LogP contribution in [0.1, 0.15) is 89.0 Å². The molecular weight excluding hydrogens is 851 g/mol. The molecule has 0 fully saturated rings. The molecule has 1 N–H and O–H groups in total. The van der Waals surface area contributed by atoms with Crippen LogP contribution >= 0.6 is 0 Å². The van der Waals surface area contributed by atoms with Crippen LogP contribution in [0.5, 0.6) is 5.75 Å². The number of phenolic OH excluding ortho intramolecular Hbond substituents is 1. The summed E-state index contributed by atoms with van der Waals surface area (Å²) in [5.41, 5.74) is 15.6. The van der Waals surface area contributed by atoms with Crippen molar-refractivity contribution in [2.24, 2.45) is 0 Å². The zero-order valence-corrected chi connectivity index (χ0v) is 41.3. The van der Waals surface area contributed by atoms with Crippen LogP contribution in [0, 0.1) is 6.85 Å². The third kappa shape index (κ3) is 8.87. The Morgan fingerprint density at radius 1 is 0.514 bits per heavy atom. The minimum Gasteiger partial charge on any atom is -0.507 e. The molecule has 0 aliphatic heterocycles. The van der Waals surface area contributed by atoms with E-state index in [9.17, 15) is 5.11 Å². The van der Waals surface area contributed by atoms with E-state index in [-0.39, 0.29) is 16.7 Å². The molecule has 0 saturated heterocycles. The molecule has 10 rings (SSSR count). The van der Waals surface area contributed by atoms with Crippen molar-refractivity contribution in [3.63, 3.8) is 0 Å². The highest BCUT2D eigenvalue weighted by atomic mass is 16.3. The molecule has 0 saturated carbocycles. The van der Waals surface area contributed by atoms with Gasteiger partial charge in [0.15, 0.2) is 0 Å². The first-order valence-electron chi connectivity index (χ1n) is 26.1. The van der Waals surface area contributed by atoms with Crippen molar-refractivity contribution in [2.45, 2.75) is 79.0 Å². The Labute approximate surface area is 419 Å². The number of aromatic nitrogens is 3. The van der Waals surface area contributed by atoms with Crippen LogP contribution in [-0.2, 0) is 10.8 Å². The number of aryl methyl sites for hydroxylation is 1. The molecular formula is C66H61N3O. The van der Waals surface area contributed by atoms with Crippen molar-refractivity contribution in [1.29, 1.82) is 0 Å². The van der Waals surface area contributed by atoms with E-state index in [1.165, 1.54) is 0 Å². The minimum absolute atomic E-state index is 0.143. The molecule has 0 aliphatic rings. The van der Waals surface area contributed by atoms with Crippen molar-refractivity contribution < 1.29 is 10.6 Å². The molecule has 346 valence electrons. The van der Waals surface area contributed by atoms with Gasteiger partial charge in [0.2, 0.25) is 0 Å². The van der Waals surface area contributed by atoms with Crippen molar-refractivity contribution in [3.8, 4) is 89.7 Å².